The minimum Gasteiger partial charge on any atom is -0.464 e. The van der Waals surface area contributed by atoms with Gasteiger partial charge in [0.2, 0.25) is 0 Å². The van der Waals surface area contributed by atoms with Crippen molar-refractivity contribution >= 4 is 11.8 Å². The van der Waals surface area contributed by atoms with Gasteiger partial charge in [0.1, 0.15) is 5.82 Å². The smallest absolute Gasteiger partial charge is 0.358 e. The summed E-state index contributed by atoms with van der Waals surface area (Å²) < 4.78 is 4.55. The van der Waals surface area contributed by atoms with Crippen molar-refractivity contribution in [2.75, 3.05) is 38.6 Å². The Morgan fingerprint density at radius 1 is 1.33 bits per heavy atom. The number of hydrogen-bond acceptors (Lipinski definition) is 6. The molecule has 0 atom stereocenters. The second kappa shape index (κ2) is 7.60. The van der Waals surface area contributed by atoms with E-state index in [0.29, 0.717) is 5.82 Å². The van der Waals surface area contributed by atoms with Crippen LogP contribution in [0.1, 0.15) is 24.3 Å². The monoisotopic (exact) mass is 252 g/mol. The van der Waals surface area contributed by atoms with Gasteiger partial charge in [0.25, 0.3) is 0 Å². The molecule has 0 saturated carbocycles. The van der Waals surface area contributed by atoms with E-state index in [1.807, 2.05) is 0 Å². The van der Waals surface area contributed by atoms with E-state index in [4.69, 9.17) is 0 Å². The fourth-order valence-corrected chi connectivity index (χ4v) is 1.51. The lowest BCUT2D eigenvalue weighted by Gasteiger charge is -2.18. The van der Waals surface area contributed by atoms with Crippen LogP contribution >= 0.6 is 0 Å². The number of nitrogens with one attached hydrogen (secondary N) is 1. The summed E-state index contributed by atoms with van der Waals surface area (Å²) in [4.78, 5) is 21.5. The molecule has 0 aliphatic rings. The molecule has 6 nitrogen and oxygen atoms in total. The first-order chi connectivity index (χ1) is 8.71. The summed E-state index contributed by atoms with van der Waals surface area (Å²) in [5.41, 5.74) is 0.215. The van der Waals surface area contributed by atoms with Gasteiger partial charge < -0.3 is 15.0 Å². The van der Waals surface area contributed by atoms with Crippen LogP contribution in [0.25, 0.3) is 0 Å². The summed E-state index contributed by atoms with van der Waals surface area (Å²) in [7, 11) is 1.32. The number of rotatable bonds is 7. The summed E-state index contributed by atoms with van der Waals surface area (Å²) in [5.74, 6) is 0.187. The van der Waals surface area contributed by atoms with Crippen LogP contribution < -0.4 is 5.32 Å². The van der Waals surface area contributed by atoms with Crippen LogP contribution in [-0.2, 0) is 4.74 Å². The third-order valence-electron chi connectivity index (χ3n) is 2.67. The zero-order chi connectivity index (χ0) is 13.4. The van der Waals surface area contributed by atoms with Crippen LogP contribution in [0.5, 0.6) is 0 Å². The fraction of sp³-hybridized carbons (Fsp3) is 0.583. The molecule has 0 saturated heterocycles. The SMILES string of the molecule is CCN(CC)CCNc1cnc(C(=O)OC)cn1. The molecule has 1 aromatic heterocycles. The zero-order valence-corrected chi connectivity index (χ0v) is 11.1. The lowest BCUT2D eigenvalue weighted by molar-refractivity contribution is 0.0593. The van der Waals surface area contributed by atoms with Gasteiger partial charge >= 0.3 is 5.97 Å². The van der Waals surface area contributed by atoms with Crippen molar-refractivity contribution in [3.05, 3.63) is 18.1 Å². The second-order valence-electron chi connectivity index (χ2n) is 3.73. The average Bonchev–Trinajstić information content (AvgIpc) is 2.43. The number of carbonyl (C=O) groups is 1. The fourth-order valence-electron chi connectivity index (χ4n) is 1.51. The van der Waals surface area contributed by atoms with Crippen molar-refractivity contribution in [1.82, 2.24) is 14.9 Å². The van der Waals surface area contributed by atoms with Gasteiger partial charge in [-0.1, -0.05) is 13.8 Å². The summed E-state index contributed by atoms with van der Waals surface area (Å²) in [6.45, 7) is 8.08. The molecule has 0 aliphatic heterocycles. The van der Waals surface area contributed by atoms with Gasteiger partial charge in [-0.2, -0.15) is 0 Å². The van der Waals surface area contributed by atoms with E-state index < -0.39 is 5.97 Å². The molecule has 1 aromatic rings. The van der Waals surface area contributed by atoms with Crippen molar-refractivity contribution in [1.29, 1.82) is 0 Å². The third kappa shape index (κ3) is 4.29. The topological polar surface area (TPSA) is 67.4 Å². The number of ether oxygens (including phenoxy) is 1. The van der Waals surface area contributed by atoms with Gasteiger partial charge in [-0.25, -0.2) is 14.8 Å². The van der Waals surface area contributed by atoms with Crippen molar-refractivity contribution in [3.8, 4) is 0 Å². The van der Waals surface area contributed by atoms with Crippen molar-refractivity contribution in [3.63, 3.8) is 0 Å². The number of methoxy groups -OCH3 is 1. The van der Waals surface area contributed by atoms with Gasteiger partial charge in [-0.15, -0.1) is 0 Å². The summed E-state index contributed by atoms with van der Waals surface area (Å²) >= 11 is 0. The highest BCUT2D eigenvalue weighted by atomic mass is 16.5. The molecule has 6 heteroatoms. The normalized spacial score (nSPS) is 10.4. The number of carbonyl (C=O) groups excluding carboxylic acids is 1. The molecule has 1 rings (SSSR count). The summed E-state index contributed by atoms with van der Waals surface area (Å²) in [6.07, 6.45) is 2.94. The molecule has 100 valence electrons. The largest absolute Gasteiger partial charge is 0.464 e. The van der Waals surface area contributed by atoms with Crippen LogP contribution in [0.3, 0.4) is 0 Å². The highest BCUT2D eigenvalue weighted by molar-refractivity contribution is 5.86. The number of nitrogens with zero attached hydrogens (tertiary/aromatic N) is 3. The Bertz CT molecular complexity index is 363. The first-order valence-corrected chi connectivity index (χ1v) is 6.07. The molecule has 0 radical (unpaired) electrons. The number of aromatic nitrogens is 2. The third-order valence-corrected chi connectivity index (χ3v) is 2.67. The van der Waals surface area contributed by atoms with E-state index in [0.717, 1.165) is 26.2 Å². The Balaban J connectivity index is 2.42. The molecule has 0 amide bonds. The van der Waals surface area contributed by atoms with E-state index in [9.17, 15) is 4.79 Å². The number of hydrogen-bond donors (Lipinski definition) is 1. The molecule has 1 heterocycles. The Morgan fingerprint density at radius 2 is 2.06 bits per heavy atom. The zero-order valence-electron chi connectivity index (χ0n) is 11.1. The van der Waals surface area contributed by atoms with Gasteiger partial charge in [0, 0.05) is 13.1 Å². The maximum atomic E-state index is 11.2. The van der Waals surface area contributed by atoms with Gasteiger partial charge in [-0.05, 0) is 13.1 Å². The second-order valence-corrected chi connectivity index (χ2v) is 3.73. The predicted molar refractivity (Wildman–Crippen MR) is 69.6 cm³/mol. The van der Waals surface area contributed by atoms with Gasteiger partial charge in [0.15, 0.2) is 5.69 Å². The maximum Gasteiger partial charge on any atom is 0.358 e. The van der Waals surface area contributed by atoms with Crippen LogP contribution in [0.15, 0.2) is 12.4 Å². The van der Waals surface area contributed by atoms with Crippen molar-refractivity contribution in [2.24, 2.45) is 0 Å². The Kier molecular flexibility index (Phi) is 6.07. The van der Waals surface area contributed by atoms with E-state index >= 15 is 0 Å². The molecular formula is C12H20N4O2. The summed E-state index contributed by atoms with van der Waals surface area (Å²) in [5, 5.41) is 3.16. The molecule has 0 bridgehead atoms. The average molecular weight is 252 g/mol. The Hall–Kier alpha value is -1.69. The van der Waals surface area contributed by atoms with Crippen LogP contribution in [0.2, 0.25) is 0 Å². The molecule has 0 fully saturated rings. The van der Waals surface area contributed by atoms with E-state index in [1.54, 1.807) is 0 Å². The minimum absolute atomic E-state index is 0.215. The molecule has 0 aromatic carbocycles. The number of anilines is 1. The Labute approximate surface area is 107 Å². The lowest BCUT2D eigenvalue weighted by Crippen LogP contribution is -2.28. The highest BCUT2D eigenvalue weighted by Gasteiger charge is 2.07. The summed E-state index contributed by atoms with van der Waals surface area (Å²) in [6, 6.07) is 0. The van der Waals surface area contributed by atoms with Crippen LogP contribution in [0, 0.1) is 0 Å². The first-order valence-electron chi connectivity index (χ1n) is 6.07. The molecule has 0 unspecified atom stereocenters. The standard InChI is InChI=1S/C12H20N4O2/c1-4-16(5-2)7-6-13-11-9-14-10(8-15-11)12(17)18-3/h8-9H,4-7H2,1-3H3,(H,13,15). The van der Waals surface area contributed by atoms with Gasteiger partial charge in [0.05, 0.1) is 19.5 Å². The van der Waals surface area contributed by atoms with Crippen molar-refractivity contribution < 1.29 is 9.53 Å². The maximum absolute atomic E-state index is 11.2. The molecule has 0 aliphatic carbocycles. The predicted octanol–water partition coefficient (Wildman–Crippen LogP) is 1.02. The lowest BCUT2D eigenvalue weighted by atomic mass is 10.4. The minimum atomic E-state index is -0.475. The van der Waals surface area contributed by atoms with E-state index in [-0.39, 0.29) is 5.69 Å². The van der Waals surface area contributed by atoms with Gasteiger partial charge in [-0.3, -0.25) is 0 Å². The molecule has 1 N–H and O–H groups in total. The molecular weight excluding hydrogens is 232 g/mol. The van der Waals surface area contributed by atoms with Crippen LogP contribution in [0.4, 0.5) is 5.82 Å². The molecule has 18 heavy (non-hydrogen) atoms. The molecule has 0 spiro atoms. The van der Waals surface area contributed by atoms with Crippen LogP contribution in [-0.4, -0.2) is 54.1 Å². The Morgan fingerprint density at radius 3 is 2.56 bits per heavy atom. The number of esters is 1. The number of likely N-dealkylation sites (N-methyl/N-ethyl adjacent to an activating group) is 1. The quantitative estimate of drug-likeness (QED) is 0.731. The van der Waals surface area contributed by atoms with E-state index in [2.05, 4.69) is 38.8 Å². The highest BCUT2D eigenvalue weighted by Crippen LogP contribution is 2.01. The van der Waals surface area contributed by atoms with E-state index in [1.165, 1.54) is 19.5 Å². The van der Waals surface area contributed by atoms with Crippen molar-refractivity contribution in [2.45, 2.75) is 13.8 Å². The first kappa shape index (κ1) is 14.4.